The lowest BCUT2D eigenvalue weighted by Crippen LogP contribution is -3.00. The summed E-state index contributed by atoms with van der Waals surface area (Å²) in [5.74, 6) is -2.88. The van der Waals surface area contributed by atoms with E-state index in [1.807, 2.05) is 92.8 Å². The zero-order valence-corrected chi connectivity index (χ0v) is 40.9. The number of ketones is 2. The maximum Gasteiger partial charge on any atom is 0.228 e. The van der Waals surface area contributed by atoms with E-state index in [-0.39, 0.29) is 34.8 Å². The summed E-state index contributed by atoms with van der Waals surface area (Å²) in [5, 5.41) is 37.2. The number of allylic oxidation sites excluding steroid dienone is 3. The van der Waals surface area contributed by atoms with Gasteiger partial charge >= 0.3 is 0 Å². The minimum Gasteiger partial charge on any atom is -1.00 e. The number of nitrogens with zero attached hydrogens (tertiary/aromatic N) is 4. The van der Waals surface area contributed by atoms with Gasteiger partial charge in [-0.2, -0.15) is 4.57 Å². The predicted octanol–water partition coefficient (Wildman–Crippen LogP) is 3.94. The first-order valence-corrected chi connectivity index (χ1v) is 22.3. The summed E-state index contributed by atoms with van der Waals surface area (Å²) in [7, 11) is 5.95. The number of hydrogen-bond donors (Lipinski definition) is 1. The van der Waals surface area contributed by atoms with Crippen molar-refractivity contribution in [2.45, 2.75) is 77.2 Å². The number of Topliss-reactive ketones (excluding diaryl/α,β-unsaturated/α-hetero) is 2. The van der Waals surface area contributed by atoms with Gasteiger partial charge in [-0.25, -0.2) is 0 Å². The molecular formula is C55H59IN4O5-2. The molecule has 0 amide bonds. The molecule has 3 aliphatic heterocycles. The topological polar surface area (TPSA) is 114 Å². The fourth-order valence-corrected chi connectivity index (χ4v) is 10.3. The highest BCUT2D eigenvalue weighted by Gasteiger charge is 2.49. The van der Waals surface area contributed by atoms with Gasteiger partial charge in [0, 0.05) is 90.6 Å². The lowest BCUT2D eigenvalue weighted by Gasteiger charge is -2.60. The molecule has 2 aliphatic carbocycles. The largest absolute Gasteiger partial charge is 1.00 e. The lowest BCUT2D eigenvalue weighted by atomic mass is 9.67. The number of aliphatic hydroxyl groups is 1. The van der Waals surface area contributed by atoms with Gasteiger partial charge in [0.1, 0.15) is 12.6 Å². The number of likely N-dealkylation sites (N-methyl/N-ethyl adjacent to an activating group) is 3. The Balaban J connectivity index is 0.000000159. The van der Waals surface area contributed by atoms with Crippen LogP contribution in [0.25, 0.3) is 17.0 Å². The van der Waals surface area contributed by atoms with E-state index in [1.54, 1.807) is 6.08 Å². The number of benzene rings is 4. The molecule has 5 aliphatic rings. The smallest absolute Gasteiger partial charge is 0.228 e. The van der Waals surface area contributed by atoms with Crippen molar-refractivity contribution in [2.24, 2.45) is 17.8 Å². The number of aliphatic hydroxyl groups excluding tert-OH is 1. The van der Waals surface area contributed by atoms with Gasteiger partial charge in [-0.05, 0) is 71.9 Å². The second-order valence-electron chi connectivity index (χ2n) is 18.6. The van der Waals surface area contributed by atoms with Crippen LogP contribution in [-0.2, 0) is 27.0 Å². The average molecular weight is 983 g/mol. The Morgan fingerprint density at radius 2 is 1.14 bits per heavy atom. The van der Waals surface area contributed by atoms with Crippen LogP contribution in [0.15, 0.2) is 151 Å². The van der Waals surface area contributed by atoms with Crippen LogP contribution in [0.5, 0.6) is 0 Å². The Morgan fingerprint density at radius 1 is 0.631 bits per heavy atom. The summed E-state index contributed by atoms with van der Waals surface area (Å²) in [6.45, 7) is 13.9. The first-order valence-electron chi connectivity index (χ1n) is 22.3. The fraction of sp³-hybridized carbons (Fsp3) is 0.327. The molecule has 2 saturated carbocycles. The maximum absolute atomic E-state index is 13.1. The van der Waals surface area contributed by atoms with Crippen molar-refractivity contribution >= 4 is 45.6 Å². The molecule has 0 radical (unpaired) electrons. The molecule has 9 nitrogen and oxygen atoms in total. The van der Waals surface area contributed by atoms with Crippen molar-refractivity contribution in [3.8, 4) is 0 Å². The average Bonchev–Trinajstić information content (AvgIpc) is 3.62. The van der Waals surface area contributed by atoms with Gasteiger partial charge in [-0.1, -0.05) is 119 Å². The highest BCUT2D eigenvalue weighted by atomic mass is 127. The Morgan fingerprint density at radius 3 is 1.71 bits per heavy atom. The molecule has 1 N–H and O–H groups in total. The molecule has 10 rings (SSSR count). The van der Waals surface area contributed by atoms with Crippen LogP contribution in [0.3, 0.4) is 0 Å². The van der Waals surface area contributed by atoms with Crippen LogP contribution >= 0.6 is 0 Å². The molecular weight excluding hydrogens is 924 g/mol. The van der Waals surface area contributed by atoms with E-state index >= 15 is 0 Å². The number of carbonyl (C=O) groups excluding carboxylic acids is 2. The summed E-state index contributed by atoms with van der Waals surface area (Å²) < 4.78 is 2.33. The number of aromatic nitrogens is 1. The molecule has 0 spiro atoms. The van der Waals surface area contributed by atoms with Crippen molar-refractivity contribution in [1.29, 1.82) is 0 Å². The van der Waals surface area contributed by atoms with Crippen molar-refractivity contribution in [1.82, 2.24) is 0 Å². The van der Waals surface area contributed by atoms with E-state index in [2.05, 4.69) is 123 Å². The molecule has 65 heavy (non-hydrogen) atoms. The van der Waals surface area contributed by atoms with Crippen molar-refractivity contribution < 1.29 is 53.5 Å². The summed E-state index contributed by atoms with van der Waals surface area (Å²) in [6, 6.07) is 37.3. The molecule has 4 heterocycles. The van der Waals surface area contributed by atoms with Crippen LogP contribution in [0.2, 0.25) is 0 Å². The second-order valence-corrected chi connectivity index (χ2v) is 18.6. The molecule has 5 aromatic rings. The summed E-state index contributed by atoms with van der Waals surface area (Å²) >= 11 is 0. The predicted molar refractivity (Wildman–Crippen MR) is 252 cm³/mol. The van der Waals surface area contributed by atoms with Gasteiger partial charge in [0.25, 0.3) is 0 Å². The summed E-state index contributed by atoms with van der Waals surface area (Å²) in [5.41, 5.74) is 12.0. The first kappa shape index (κ1) is 47.6. The van der Waals surface area contributed by atoms with E-state index in [4.69, 9.17) is 0 Å². The van der Waals surface area contributed by atoms with E-state index < -0.39 is 47.6 Å². The van der Waals surface area contributed by atoms with Crippen molar-refractivity contribution in [3.63, 3.8) is 0 Å². The number of rotatable bonds is 4. The number of para-hydroxylation sites is 4. The number of anilines is 3. The Labute approximate surface area is 400 Å². The third kappa shape index (κ3) is 8.28. The highest BCUT2D eigenvalue weighted by Crippen LogP contribution is 2.49. The van der Waals surface area contributed by atoms with Crippen LogP contribution in [0.1, 0.15) is 57.0 Å². The van der Waals surface area contributed by atoms with Crippen LogP contribution in [-0.4, -0.2) is 56.1 Å². The number of hydrogen-bond acceptors (Lipinski definition) is 8. The SMILES string of the molecule is CC[n+]1c(C)ccc2ccccc21.CN1C(=CC2C(=O)C(=O)C2O)C(C)(C)c2ccccc21.CN1C(=CC2C([O-])C(C=C3N(C)c4ccccc4C3(C)C)C2[O-])C=Cc2ccccc21.[I-]. The molecule has 10 heteroatoms. The van der Waals surface area contributed by atoms with Crippen molar-refractivity contribution in [3.05, 3.63) is 173 Å². The zero-order chi connectivity index (χ0) is 45.8. The van der Waals surface area contributed by atoms with Gasteiger partial charge in [0.15, 0.2) is 5.69 Å². The normalized spacial score (nSPS) is 26.0. The van der Waals surface area contributed by atoms with E-state index in [9.17, 15) is 24.9 Å². The fourth-order valence-electron chi connectivity index (χ4n) is 10.3. The molecule has 0 saturated heterocycles. The highest BCUT2D eigenvalue weighted by molar-refractivity contribution is 6.47. The molecule has 4 atom stereocenters. The van der Waals surface area contributed by atoms with Crippen LogP contribution < -0.4 is 53.5 Å². The molecule has 4 aromatic carbocycles. The van der Waals surface area contributed by atoms with E-state index in [0.29, 0.717) is 0 Å². The lowest BCUT2D eigenvalue weighted by molar-refractivity contribution is -0.673. The Kier molecular flexibility index (Phi) is 13.5. The number of halogens is 1. The number of carbonyl (C=O) groups is 2. The minimum atomic E-state index is -1.18. The van der Waals surface area contributed by atoms with Gasteiger partial charge in [-0.15, -0.1) is 12.2 Å². The minimum absolute atomic E-state index is 0. The van der Waals surface area contributed by atoms with E-state index in [1.165, 1.54) is 27.7 Å². The summed E-state index contributed by atoms with van der Waals surface area (Å²) in [6.07, 6.45) is 6.61. The molecule has 338 valence electrons. The molecule has 2 fully saturated rings. The van der Waals surface area contributed by atoms with Gasteiger partial charge in [-0.3, -0.25) is 9.59 Å². The quantitative estimate of drug-likeness (QED) is 0.164. The third-order valence-electron chi connectivity index (χ3n) is 14.2. The van der Waals surface area contributed by atoms with Crippen LogP contribution in [0.4, 0.5) is 17.1 Å². The Hall–Kier alpha value is -5.40. The molecule has 0 bridgehead atoms. The third-order valence-corrected chi connectivity index (χ3v) is 14.2. The van der Waals surface area contributed by atoms with E-state index in [0.717, 1.165) is 46.3 Å². The second kappa shape index (κ2) is 18.5. The van der Waals surface area contributed by atoms with Crippen molar-refractivity contribution in [2.75, 3.05) is 35.8 Å². The number of pyridine rings is 1. The monoisotopic (exact) mass is 982 g/mol. The van der Waals surface area contributed by atoms with Gasteiger partial charge < -0.3 is 54.0 Å². The van der Waals surface area contributed by atoms with Crippen LogP contribution in [0, 0.1) is 24.7 Å². The number of fused-ring (bicyclic) bond motifs is 4. The van der Waals surface area contributed by atoms with Gasteiger partial charge in [0.2, 0.25) is 17.1 Å². The summed E-state index contributed by atoms with van der Waals surface area (Å²) in [4.78, 5) is 29.0. The Bertz CT molecular complexity index is 2760. The maximum atomic E-state index is 13.1. The van der Waals surface area contributed by atoms with Gasteiger partial charge in [0.05, 0.1) is 5.92 Å². The zero-order valence-electron chi connectivity index (χ0n) is 38.7. The number of aryl methyl sites for hydroxylation is 2. The standard InChI is InChI=1S/C27H28N2O2.C16H17NO3.C12H14N.HI/c1-27(2)21-10-6-8-12-23(21)29(4)24(27)16-20-25(30)19(26(20)31)15-18-14-13-17-9-5-7-11-22(17)28(18)3;1-16(2)10-6-4-5-7-11(10)17(3)12(16)8-9-13(18)15(20)14(9)19;1-3-13-10(2)8-9-11-6-4-5-7-12(11)13;/h5-16,19-20,25-26H,1-4H3;4-9,13,18H,1-3H3;4-9H,3H2,1-2H3;1H/q-2;;+1;/p-1. The molecule has 1 aromatic heterocycles. The molecule has 4 unspecified atom stereocenters. The first-order chi connectivity index (χ1) is 30.5.